The minimum absolute atomic E-state index is 0.146. The van der Waals surface area contributed by atoms with Crippen LogP contribution in [-0.2, 0) is 6.54 Å². The number of carbonyl (C=O) groups excluding carboxylic acids is 1. The largest absolute Gasteiger partial charge is 0.338 e. The lowest BCUT2D eigenvalue weighted by atomic mass is 9.96. The average Bonchev–Trinajstić information content (AvgIpc) is 2.68. The summed E-state index contributed by atoms with van der Waals surface area (Å²) < 4.78 is 0. The highest BCUT2D eigenvalue weighted by Gasteiger charge is 2.37. The molecule has 0 saturated carbocycles. The lowest BCUT2D eigenvalue weighted by Crippen LogP contribution is -2.65. The van der Waals surface area contributed by atoms with Crippen molar-refractivity contribution in [2.75, 3.05) is 39.3 Å². The molecule has 0 bridgehead atoms. The van der Waals surface area contributed by atoms with Gasteiger partial charge in [0.05, 0.1) is 0 Å². The minimum Gasteiger partial charge on any atom is -0.338 e. The predicted octanol–water partition coefficient (Wildman–Crippen LogP) is 3.17. The molecule has 0 aromatic heterocycles. The number of amides is 2. The van der Waals surface area contributed by atoms with Gasteiger partial charge in [-0.25, -0.2) is 4.79 Å². The molecule has 3 heterocycles. The number of nitrogens with one attached hydrogen (secondary N) is 1. The van der Waals surface area contributed by atoms with Gasteiger partial charge in [0.2, 0.25) is 0 Å². The van der Waals surface area contributed by atoms with E-state index in [9.17, 15) is 4.79 Å². The maximum Gasteiger partial charge on any atom is 0.317 e. The van der Waals surface area contributed by atoms with Gasteiger partial charge in [-0.3, -0.25) is 9.80 Å². The zero-order valence-corrected chi connectivity index (χ0v) is 17.4. The lowest BCUT2D eigenvalue weighted by molar-refractivity contribution is 0.0166. The normalized spacial score (nSPS) is 25.5. The summed E-state index contributed by atoms with van der Waals surface area (Å²) in [5, 5.41) is 3.20. The molecule has 154 valence electrons. The first-order chi connectivity index (χ1) is 13.7. The monoisotopic (exact) mass is 384 g/mol. The zero-order valence-electron chi connectivity index (χ0n) is 17.4. The molecule has 1 atom stereocenters. The molecule has 1 aromatic rings. The van der Waals surface area contributed by atoms with Crippen LogP contribution in [-0.4, -0.2) is 72.1 Å². The third kappa shape index (κ3) is 4.87. The molecule has 3 aliphatic rings. The van der Waals surface area contributed by atoms with Crippen molar-refractivity contribution in [3.63, 3.8) is 0 Å². The fraction of sp³-hybridized carbons (Fsp3) is 0.696. The van der Waals surface area contributed by atoms with Crippen molar-refractivity contribution >= 4 is 6.03 Å². The summed E-state index contributed by atoms with van der Waals surface area (Å²) in [5.74, 6) is 0.621. The van der Waals surface area contributed by atoms with E-state index in [0.29, 0.717) is 18.0 Å². The van der Waals surface area contributed by atoms with Gasteiger partial charge in [0.15, 0.2) is 0 Å². The number of carbonyl (C=O) groups is 1. The second-order valence-electron chi connectivity index (χ2n) is 9.03. The van der Waals surface area contributed by atoms with E-state index in [1.165, 1.54) is 44.2 Å². The van der Waals surface area contributed by atoms with Gasteiger partial charge in [0.25, 0.3) is 0 Å². The number of likely N-dealkylation sites (tertiary alicyclic amines) is 3. The van der Waals surface area contributed by atoms with E-state index in [4.69, 9.17) is 0 Å². The smallest absolute Gasteiger partial charge is 0.317 e. The molecule has 0 radical (unpaired) electrons. The van der Waals surface area contributed by atoms with Crippen LogP contribution in [0.3, 0.4) is 0 Å². The summed E-state index contributed by atoms with van der Waals surface area (Å²) in [6.45, 7) is 9.51. The molecule has 0 unspecified atom stereocenters. The van der Waals surface area contributed by atoms with E-state index in [-0.39, 0.29) is 6.03 Å². The molecular formula is C23H36N4O. The molecule has 1 aromatic carbocycles. The second-order valence-corrected chi connectivity index (χ2v) is 9.03. The Morgan fingerprint density at radius 1 is 1.04 bits per heavy atom. The van der Waals surface area contributed by atoms with Crippen LogP contribution < -0.4 is 5.32 Å². The van der Waals surface area contributed by atoms with E-state index in [1.807, 2.05) is 4.90 Å². The zero-order chi connectivity index (χ0) is 19.3. The van der Waals surface area contributed by atoms with Crippen molar-refractivity contribution in [2.45, 2.75) is 57.7 Å². The van der Waals surface area contributed by atoms with E-state index in [1.54, 1.807) is 0 Å². The fourth-order valence-corrected chi connectivity index (χ4v) is 5.03. The summed E-state index contributed by atoms with van der Waals surface area (Å²) in [4.78, 5) is 19.6. The van der Waals surface area contributed by atoms with Crippen LogP contribution >= 0.6 is 0 Å². The number of urea groups is 1. The molecule has 0 aliphatic carbocycles. The molecule has 3 fully saturated rings. The Balaban J connectivity index is 1.12. The van der Waals surface area contributed by atoms with Gasteiger partial charge in [0.1, 0.15) is 0 Å². The van der Waals surface area contributed by atoms with Gasteiger partial charge < -0.3 is 10.2 Å². The Bertz CT molecular complexity index is 623. The molecule has 5 nitrogen and oxygen atoms in total. The molecule has 3 aliphatic heterocycles. The SMILES string of the molecule is C[C@@H]1CCCCN1C1CN(C(=O)NCC2CCN(Cc3ccccc3)CC2)C1. The minimum atomic E-state index is 0.146. The third-order valence-corrected chi connectivity index (χ3v) is 6.97. The molecule has 2 amide bonds. The highest BCUT2D eigenvalue weighted by molar-refractivity contribution is 5.75. The van der Waals surface area contributed by atoms with Crippen LogP contribution in [0.5, 0.6) is 0 Å². The van der Waals surface area contributed by atoms with Crippen molar-refractivity contribution in [3.05, 3.63) is 35.9 Å². The number of piperidine rings is 2. The molecule has 5 heteroatoms. The Morgan fingerprint density at radius 3 is 2.50 bits per heavy atom. The Morgan fingerprint density at radius 2 is 1.79 bits per heavy atom. The quantitative estimate of drug-likeness (QED) is 0.848. The second kappa shape index (κ2) is 9.27. The van der Waals surface area contributed by atoms with Crippen LogP contribution in [0.15, 0.2) is 30.3 Å². The molecule has 3 saturated heterocycles. The van der Waals surface area contributed by atoms with Gasteiger partial charge in [-0.05, 0) is 63.7 Å². The van der Waals surface area contributed by atoms with Crippen molar-refractivity contribution < 1.29 is 4.79 Å². The van der Waals surface area contributed by atoms with Crippen LogP contribution in [0.1, 0.15) is 44.6 Å². The van der Waals surface area contributed by atoms with Crippen molar-refractivity contribution in [1.29, 1.82) is 0 Å². The number of nitrogens with zero attached hydrogens (tertiary/aromatic N) is 3. The van der Waals surface area contributed by atoms with Crippen molar-refractivity contribution in [1.82, 2.24) is 20.0 Å². The fourth-order valence-electron chi connectivity index (χ4n) is 5.03. The average molecular weight is 385 g/mol. The lowest BCUT2D eigenvalue weighted by Gasteiger charge is -2.49. The predicted molar refractivity (Wildman–Crippen MR) is 113 cm³/mol. The standard InChI is InChI=1S/C23H36N4O/c1-19-7-5-6-12-27(19)22-17-26(18-22)23(28)24-15-20-10-13-25(14-11-20)16-21-8-3-2-4-9-21/h2-4,8-9,19-20,22H,5-7,10-18H2,1H3,(H,24,28)/t19-/m1/s1. The summed E-state index contributed by atoms with van der Waals surface area (Å²) in [6, 6.07) is 12.1. The van der Waals surface area contributed by atoms with E-state index in [2.05, 4.69) is 52.4 Å². The topological polar surface area (TPSA) is 38.8 Å². The Kier molecular flexibility index (Phi) is 6.53. The molecule has 0 spiro atoms. The number of rotatable bonds is 5. The van der Waals surface area contributed by atoms with Crippen molar-refractivity contribution in [3.8, 4) is 0 Å². The summed E-state index contributed by atoms with van der Waals surface area (Å²) in [5.41, 5.74) is 1.39. The van der Waals surface area contributed by atoms with Gasteiger partial charge in [-0.2, -0.15) is 0 Å². The summed E-state index contributed by atoms with van der Waals surface area (Å²) >= 11 is 0. The number of benzene rings is 1. The van der Waals surface area contributed by atoms with Crippen LogP contribution in [0.25, 0.3) is 0 Å². The van der Waals surface area contributed by atoms with Crippen LogP contribution in [0.2, 0.25) is 0 Å². The van der Waals surface area contributed by atoms with E-state index < -0.39 is 0 Å². The van der Waals surface area contributed by atoms with Gasteiger partial charge in [-0.1, -0.05) is 36.8 Å². The Hall–Kier alpha value is -1.59. The maximum atomic E-state index is 12.5. The first-order valence-corrected chi connectivity index (χ1v) is 11.2. The highest BCUT2D eigenvalue weighted by atomic mass is 16.2. The van der Waals surface area contributed by atoms with Crippen LogP contribution in [0, 0.1) is 5.92 Å². The van der Waals surface area contributed by atoms with E-state index >= 15 is 0 Å². The van der Waals surface area contributed by atoms with Gasteiger partial charge in [-0.15, -0.1) is 0 Å². The van der Waals surface area contributed by atoms with Crippen LogP contribution in [0.4, 0.5) is 4.79 Å². The molecule has 4 rings (SSSR count). The maximum absolute atomic E-state index is 12.5. The molecule has 1 N–H and O–H groups in total. The summed E-state index contributed by atoms with van der Waals surface area (Å²) in [6.07, 6.45) is 6.35. The summed E-state index contributed by atoms with van der Waals surface area (Å²) in [7, 11) is 0. The third-order valence-electron chi connectivity index (χ3n) is 6.97. The molecule has 28 heavy (non-hydrogen) atoms. The number of hydrogen-bond acceptors (Lipinski definition) is 3. The number of hydrogen-bond donors (Lipinski definition) is 1. The van der Waals surface area contributed by atoms with Crippen molar-refractivity contribution in [2.24, 2.45) is 5.92 Å². The van der Waals surface area contributed by atoms with Gasteiger partial charge in [0, 0.05) is 38.3 Å². The van der Waals surface area contributed by atoms with E-state index in [0.717, 1.165) is 39.3 Å². The first kappa shape index (κ1) is 19.7. The van der Waals surface area contributed by atoms with Gasteiger partial charge >= 0.3 is 6.03 Å². The first-order valence-electron chi connectivity index (χ1n) is 11.2. The Labute approximate surface area is 170 Å². The molecular weight excluding hydrogens is 348 g/mol. The highest BCUT2D eigenvalue weighted by Crippen LogP contribution is 2.24.